The average molecular weight is 426 g/mol. The molecule has 154 valence electrons. The van der Waals surface area contributed by atoms with Crippen LogP contribution >= 0.6 is 11.8 Å². The highest BCUT2D eigenvalue weighted by Gasteiger charge is 2.34. The summed E-state index contributed by atoms with van der Waals surface area (Å²) in [5, 5.41) is -0.404. The molecule has 29 heavy (non-hydrogen) atoms. The van der Waals surface area contributed by atoms with Crippen molar-refractivity contribution in [1.29, 1.82) is 0 Å². The molecule has 1 fully saturated rings. The molecule has 1 saturated heterocycles. The fourth-order valence-electron chi connectivity index (χ4n) is 2.98. The highest BCUT2D eigenvalue weighted by Crippen LogP contribution is 2.39. The first-order chi connectivity index (χ1) is 13.7. The van der Waals surface area contributed by atoms with Crippen molar-refractivity contribution in [1.82, 2.24) is 9.80 Å². The summed E-state index contributed by atoms with van der Waals surface area (Å²) >= 11 is 1.33. The predicted molar refractivity (Wildman–Crippen MR) is 102 cm³/mol. The zero-order valence-corrected chi connectivity index (χ0v) is 16.3. The first-order valence-corrected chi connectivity index (χ1v) is 9.81. The third-order valence-corrected chi connectivity index (χ3v) is 5.86. The molecular formula is C20H18F4N2O2S. The Labute approximate surface area is 169 Å². The van der Waals surface area contributed by atoms with Gasteiger partial charge in [-0.15, -0.1) is 11.8 Å². The van der Waals surface area contributed by atoms with Crippen LogP contribution in [0, 0.1) is 5.82 Å². The Morgan fingerprint density at radius 1 is 1.14 bits per heavy atom. The van der Waals surface area contributed by atoms with E-state index in [1.54, 1.807) is 11.9 Å². The third kappa shape index (κ3) is 4.90. The second-order valence-corrected chi connectivity index (χ2v) is 7.67. The topological polar surface area (TPSA) is 40.6 Å². The molecule has 0 bridgehead atoms. The fourth-order valence-corrected chi connectivity index (χ4v) is 4.20. The van der Waals surface area contributed by atoms with Crippen LogP contribution in [0.3, 0.4) is 0 Å². The van der Waals surface area contributed by atoms with E-state index < -0.39 is 22.9 Å². The minimum Gasteiger partial charge on any atom is -0.340 e. The number of amides is 2. The number of hydrogen-bond acceptors (Lipinski definition) is 3. The molecule has 4 nitrogen and oxygen atoms in total. The quantitative estimate of drug-likeness (QED) is 0.674. The van der Waals surface area contributed by atoms with Crippen molar-refractivity contribution >= 4 is 23.6 Å². The molecule has 1 atom stereocenters. The normalized spacial score (nSPS) is 16.9. The number of nitrogens with zero attached hydrogens (tertiary/aromatic N) is 2. The second kappa shape index (κ2) is 8.44. The van der Waals surface area contributed by atoms with Gasteiger partial charge in [-0.2, -0.15) is 13.2 Å². The average Bonchev–Trinajstić information content (AvgIpc) is 3.06. The number of benzene rings is 2. The zero-order chi connectivity index (χ0) is 21.2. The highest BCUT2D eigenvalue weighted by molar-refractivity contribution is 8.00. The van der Waals surface area contributed by atoms with Crippen molar-refractivity contribution in [2.75, 3.05) is 25.9 Å². The van der Waals surface area contributed by atoms with E-state index in [0.717, 1.165) is 12.1 Å². The number of likely N-dealkylation sites (N-methyl/N-ethyl adjacent to an activating group) is 1. The predicted octanol–water partition coefficient (Wildman–Crippen LogP) is 4.19. The van der Waals surface area contributed by atoms with Crippen LogP contribution in [0.1, 0.15) is 26.9 Å². The molecule has 2 amide bonds. The number of hydrogen-bond donors (Lipinski definition) is 0. The number of carbonyl (C=O) groups excluding carboxylic acids is 2. The molecule has 0 aromatic heterocycles. The van der Waals surface area contributed by atoms with Crippen molar-refractivity contribution in [3.63, 3.8) is 0 Å². The van der Waals surface area contributed by atoms with E-state index in [1.165, 1.54) is 53.1 Å². The molecule has 0 aliphatic carbocycles. The summed E-state index contributed by atoms with van der Waals surface area (Å²) in [6.07, 6.45) is -4.42. The van der Waals surface area contributed by atoms with Gasteiger partial charge in [0.15, 0.2) is 0 Å². The van der Waals surface area contributed by atoms with Crippen molar-refractivity contribution in [3.05, 3.63) is 71.0 Å². The van der Waals surface area contributed by atoms with Crippen molar-refractivity contribution in [3.8, 4) is 0 Å². The Hall–Kier alpha value is -2.55. The van der Waals surface area contributed by atoms with E-state index in [0.29, 0.717) is 11.1 Å². The van der Waals surface area contributed by atoms with Crippen LogP contribution in [0.4, 0.5) is 17.6 Å². The van der Waals surface area contributed by atoms with Crippen LogP contribution in [0.2, 0.25) is 0 Å². The Morgan fingerprint density at radius 2 is 1.76 bits per heavy atom. The lowest BCUT2D eigenvalue weighted by Gasteiger charge is -2.27. The first-order valence-electron chi connectivity index (χ1n) is 8.76. The number of rotatable bonds is 5. The van der Waals surface area contributed by atoms with Gasteiger partial charge < -0.3 is 9.80 Å². The van der Waals surface area contributed by atoms with Crippen LogP contribution in [-0.4, -0.2) is 47.5 Å². The standard InChI is InChI=1S/C20H18F4N2O2S/c1-25(18(28)13-4-8-16(21)9-5-13)10-11-26-17(27)12-29-19(26)14-2-6-15(7-3-14)20(22,23)24/h2-9,19H,10-12H2,1H3. The van der Waals surface area contributed by atoms with Gasteiger partial charge in [0.1, 0.15) is 11.2 Å². The van der Waals surface area contributed by atoms with E-state index in [2.05, 4.69) is 0 Å². The molecule has 0 radical (unpaired) electrons. The van der Waals surface area contributed by atoms with Gasteiger partial charge in [-0.05, 0) is 42.0 Å². The lowest BCUT2D eigenvalue weighted by Crippen LogP contribution is -2.38. The molecule has 0 N–H and O–H groups in total. The molecular weight excluding hydrogens is 408 g/mol. The summed E-state index contributed by atoms with van der Waals surface area (Å²) in [4.78, 5) is 27.6. The van der Waals surface area contributed by atoms with E-state index in [9.17, 15) is 27.2 Å². The molecule has 9 heteroatoms. The molecule has 1 unspecified atom stereocenters. The fraction of sp³-hybridized carbons (Fsp3) is 0.300. The van der Waals surface area contributed by atoms with Crippen LogP contribution < -0.4 is 0 Å². The number of alkyl halides is 3. The second-order valence-electron chi connectivity index (χ2n) is 6.60. The van der Waals surface area contributed by atoms with Gasteiger partial charge in [-0.3, -0.25) is 9.59 Å². The van der Waals surface area contributed by atoms with Gasteiger partial charge in [0.2, 0.25) is 5.91 Å². The minimum absolute atomic E-state index is 0.137. The van der Waals surface area contributed by atoms with Gasteiger partial charge in [0.05, 0.1) is 11.3 Å². The van der Waals surface area contributed by atoms with Crippen LogP contribution in [0.15, 0.2) is 48.5 Å². The Balaban J connectivity index is 1.66. The summed E-state index contributed by atoms with van der Waals surface area (Å²) in [6.45, 7) is 0.473. The largest absolute Gasteiger partial charge is 0.416 e. The molecule has 2 aromatic carbocycles. The van der Waals surface area contributed by atoms with Crippen LogP contribution in [0.5, 0.6) is 0 Å². The Bertz CT molecular complexity index is 885. The van der Waals surface area contributed by atoms with Crippen LogP contribution in [0.25, 0.3) is 0 Å². The lowest BCUT2D eigenvalue weighted by molar-refractivity contribution is -0.137. The van der Waals surface area contributed by atoms with Crippen molar-refractivity contribution in [2.24, 2.45) is 0 Å². The molecule has 1 aliphatic rings. The van der Waals surface area contributed by atoms with Gasteiger partial charge >= 0.3 is 6.18 Å². The smallest absolute Gasteiger partial charge is 0.340 e. The maximum Gasteiger partial charge on any atom is 0.416 e. The maximum atomic E-state index is 13.0. The summed E-state index contributed by atoms with van der Waals surface area (Å²) in [5.41, 5.74) is 0.184. The van der Waals surface area contributed by atoms with Gasteiger partial charge in [-0.25, -0.2) is 4.39 Å². The number of halogens is 4. The minimum atomic E-state index is -4.42. The summed E-state index contributed by atoms with van der Waals surface area (Å²) in [6, 6.07) is 9.91. The SMILES string of the molecule is CN(CCN1C(=O)CSC1c1ccc(C(F)(F)F)cc1)C(=O)c1ccc(F)cc1. The van der Waals surface area contributed by atoms with E-state index >= 15 is 0 Å². The zero-order valence-electron chi connectivity index (χ0n) is 15.4. The maximum absolute atomic E-state index is 13.0. The van der Waals surface area contributed by atoms with E-state index in [4.69, 9.17) is 0 Å². The molecule has 0 saturated carbocycles. The van der Waals surface area contributed by atoms with Crippen molar-refractivity contribution in [2.45, 2.75) is 11.6 Å². The highest BCUT2D eigenvalue weighted by atomic mass is 32.2. The Morgan fingerprint density at radius 3 is 2.34 bits per heavy atom. The third-order valence-electron chi connectivity index (χ3n) is 4.61. The lowest BCUT2D eigenvalue weighted by atomic mass is 10.1. The summed E-state index contributed by atoms with van der Waals surface area (Å²) < 4.78 is 51.3. The molecule has 1 heterocycles. The van der Waals surface area contributed by atoms with Gasteiger partial charge in [0.25, 0.3) is 5.91 Å². The van der Waals surface area contributed by atoms with E-state index in [-0.39, 0.29) is 30.7 Å². The molecule has 3 rings (SSSR count). The number of carbonyl (C=O) groups is 2. The number of thioether (sulfide) groups is 1. The van der Waals surface area contributed by atoms with Crippen molar-refractivity contribution < 1.29 is 27.2 Å². The Kier molecular flexibility index (Phi) is 6.16. The van der Waals surface area contributed by atoms with E-state index in [1.807, 2.05) is 0 Å². The monoisotopic (exact) mass is 426 g/mol. The first kappa shape index (κ1) is 21.2. The summed E-state index contributed by atoms with van der Waals surface area (Å²) in [7, 11) is 1.58. The van der Waals surface area contributed by atoms with Crippen LogP contribution in [-0.2, 0) is 11.0 Å². The molecule has 1 aliphatic heterocycles. The van der Waals surface area contributed by atoms with Gasteiger partial charge in [0, 0.05) is 25.7 Å². The summed E-state index contributed by atoms with van der Waals surface area (Å²) in [5.74, 6) is -0.664. The van der Waals surface area contributed by atoms with Gasteiger partial charge in [-0.1, -0.05) is 12.1 Å². The molecule has 2 aromatic rings. The molecule has 0 spiro atoms.